The van der Waals surface area contributed by atoms with Gasteiger partial charge >= 0.3 is 0 Å². The van der Waals surface area contributed by atoms with Crippen molar-refractivity contribution in [1.29, 1.82) is 0 Å². The minimum atomic E-state index is -0.295. The molecule has 6 nitrogen and oxygen atoms in total. The van der Waals surface area contributed by atoms with E-state index >= 15 is 0 Å². The second kappa shape index (κ2) is 4.70. The Morgan fingerprint density at radius 2 is 2.00 bits per heavy atom. The zero-order chi connectivity index (χ0) is 15.1. The van der Waals surface area contributed by atoms with Crippen LogP contribution in [0.25, 0.3) is 21.9 Å². The third-order valence-electron chi connectivity index (χ3n) is 3.55. The summed E-state index contributed by atoms with van der Waals surface area (Å²) in [4.78, 5) is 19.8. The molecule has 0 bridgehead atoms. The van der Waals surface area contributed by atoms with E-state index in [4.69, 9.17) is 0 Å². The number of aromatic amines is 2. The van der Waals surface area contributed by atoms with Crippen molar-refractivity contribution in [3.05, 3.63) is 53.7 Å². The summed E-state index contributed by atoms with van der Waals surface area (Å²) in [5.41, 5.74) is 3.95. The number of hydrogen-bond acceptors (Lipinski definition) is 3. The molecule has 0 atom stereocenters. The highest BCUT2D eigenvalue weighted by atomic mass is 16.2. The molecule has 0 aliphatic carbocycles. The van der Waals surface area contributed by atoms with Crippen molar-refractivity contribution in [2.75, 3.05) is 5.32 Å². The smallest absolute Gasteiger partial charge is 0.279 e. The number of anilines is 1. The maximum atomic E-state index is 12.4. The van der Waals surface area contributed by atoms with Crippen molar-refractivity contribution >= 4 is 33.8 Å². The highest BCUT2D eigenvalue weighted by Gasteiger charge is 2.15. The van der Waals surface area contributed by atoms with Gasteiger partial charge in [-0.15, -0.1) is 0 Å². The quantitative estimate of drug-likeness (QED) is 0.530. The Morgan fingerprint density at radius 1 is 1.14 bits per heavy atom. The molecule has 0 aliphatic heterocycles. The van der Waals surface area contributed by atoms with Gasteiger partial charge in [-0.3, -0.25) is 15.2 Å². The van der Waals surface area contributed by atoms with Gasteiger partial charge in [-0.05, 0) is 31.2 Å². The van der Waals surface area contributed by atoms with Gasteiger partial charge in [0.2, 0.25) is 5.95 Å². The Bertz CT molecular complexity index is 965. The summed E-state index contributed by atoms with van der Waals surface area (Å²) < 4.78 is 0. The average Bonchev–Trinajstić information content (AvgIpc) is 3.09. The lowest BCUT2D eigenvalue weighted by molar-refractivity contribution is 0.102. The number of carbonyl (C=O) groups excluding carboxylic acids is 1. The number of hydrogen-bond donors (Lipinski definition) is 3. The van der Waals surface area contributed by atoms with Gasteiger partial charge in [0.1, 0.15) is 0 Å². The molecule has 0 saturated heterocycles. The SMILES string of the molecule is Cc1ccc2[nH]nc(C(=O)Nc3nc4ccccc4[nH]3)c2c1. The molecule has 4 aromatic rings. The second-order valence-electron chi connectivity index (χ2n) is 5.18. The number of amides is 1. The Morgan fingerprint density at radius 3 is 2.86 bits per heavy atom. The van der Waals surface area contributed by atoms with Gasteiger partial charge in [0.15, 0.2) is 5.69 Å². The van der Waals surface area contributed by atoms with E-state index in [1.165, 1.54) is 0 Å². The zero-order valence-corrected chi connectivity index (χ0v) is 11.8. The van der Waals surface area contributed by atoms with Crippen LogP contribution in [0.4, 0.5) is 5.95 Å². The Labute approximate surface area is 125 Å². The van der Waals surface area contributed by atoms with Crippen molar-refractivity contribution < 1.29 is 4.79 Å². The van der Waals surface area contributed by atoms with Crippen molar-refractivity contribution in [3.63, 3.8) is 0 Å². The fraction of sp³-hybridized carbons (Fsp3) is 0.0625. The predicted molar refractivity (Wildman–Crippen MR) is 84.9 cm³/mol. The number of carbonyl (C=O) groups is 1. The number of para-hydroxylation sites is 2. The van der Waals surface area contributed by atoms with Gasteiger partial charge < -0.3 is 4.98 Å². The van der Waals surface area contributed by atoms with Crippen LogP contribution in [0.2, 0.25) is 0 Å². The lowest BCUT2D eigenvalue weighted by Gasteiger charge is -1.99. The molecule has 0 saturated carbocycles. The van der Waals surface area contributed by atoms with E-state index in [-0.39, 0.29) is 5.91 Å². The fourth-order valence-electron chi connectivity index (χ4n) is 2.48. The summed E-state index contributed by atoms with van der Waals surface area (Å²) in [6, 6.07) is 13.4. The minimum Gasteiger partial charge on any atom is -0.324 e. The molecular weight excluding hydrogens is 278 g/mol. The summed E-state index contributed by atoms with van der Waals surface area (Å²) in [6.45, 7) is 1.98. The van der Waals surface area contributed by atoms with Crippen LogP contribution in [0.3, 0.4) is 0 Å². The van der Waals surface area contributed by atoms with E-state index in [9.17, 15) is 4.79 Å². The lowest BCUT2D eigenvalue weighted by atomic mass is 10.1. The van der Waals surface area contributed by atoms with E-state index in [1.54, 1.807) is 0 Å². The number of imidazole rings is 1. The third-order valence-corrected chi connectivity index (χ3v) is 3.55. The number of aromatic nitrogens is 4. The first kappa shape index (κ1) is 12.6. The van der Waals surface area contributed by atoms with Gasteiger partial charge in [-0.25, -0.2) is 4.98 Å². The Kier molecular flexibility index (Phi) is 2.69. The van der Waals surface area contributed by atoms with E-state index in [0.717, 1.165) is 27.5 Å². The van der Waals surface area contributed by atoms with E-state index < -0.39 is 0 Å². The van der Waals surface area contributed by atoms with Crippen LogP contribution >= 0.6 is 0 Å². The standard InChI is InChI=1S/C16H13N5O/c1-9-6-7-11-10(8-9)14(21-20-11)15(22)19-16-17-12-4-2-3-5-13(12)18-16/h2-8H,1H3,(H,20,21)(H2,17,18,19,22). The molecule has 3 N–H and O–H groups in total. The van der Waals surface area contributed by atoms with E-state index in [2.05, 4.69) is 25.5 Å². The van der Waals surface area contributed by atoms with E-state index in [0.29, 0.717) is 11.6 Å². The monoisotopic (exact) mass is 291 g/mol. The molecule has 0 aliphatic rings. The average molecular weight is 291 g/mol. The zero-order valence-electron chi connectivity index (χ0n) is 11.8. The van der Waals surface area contributed by atoms with Crippen LogP contribution < -0.4 is 5.32 Å². The largest absolute Gasteiger partial charge is 0.324 e. The molecule has 2 heterocycles. The number of fused-ring (bicyclic) bond motifs is 2. The fourth-order valence-corrected chi connectivity index (χ4v) is 2.48. The first-order valence-electron chi connectivity index (χ1n) is 6.91. The molecule has 0 fully saturated rings. The number of rotatable bonds is 2. The molecule has 0 radical (unpaired) electrons. The summed E-state index contributed by atoms with van der Waals surface area (Å²) in [5.74, 6) is 0.117. The molecule has 2 aromatic heterocycles. The van der Waals surface area contributed by atoms with Crippen molar-refractivity contribution in [2.45, 2.75) is 6.92 Å². The van der Waals surface area contributed by atoms with Gasteiger partial charge in [-0.2, -0.15) is 5.10 Å². The van der Waals surface area contributed by atoms with Crippen LogP contribution in [-0.2, 0) is 0 Å². The Balaban J connectivity index is 1.69. The van der Waals surface area contributed by atoms with Crippen LogP contribution in [0.1, 0.15) is 16.1 Å². The van der Waals surface area contributed by atoms with Gasteiger partial charge in [-0.1, -0.05) is 23.8 Å². The summed E-state index contributed by atoms with van der Waals surface area (Å²) in [7, 11) is 0. The van der Waals surface area contributed by atoms with Crippen LogP contribution in [0.15, 0.2) is 42.5 Å². The molecule has 22 heavy (non-hydrogen) atoms. The first-order valence-corrected chi connectivity index (χ1v) is 6.91. The lowest BCUT2D eigenvalue weighted by Crippen LogP contribution is -2.13. The molecule has 108 valence electrons. The van der Waals surface area contributed by atoms with Crippen molar-refractivity contribution in [3.8, 4) is 0 Å². The molecule has 4 rings (SSSR count). The number of aryl methyl sites for hydroxylation is 1. The van der Waals surface area contributed by atoms with Gasteiger partial charge in [0.25, 0.3) is 5.91 Å². The molecular formula is C16H13N5O. The molecule has 2 aromatic carbocycles. The number of nitrogens with zero attached hydrogens (tertiary/aromatic N) is 2. The van der Waals surface area contributed by atoms with E-state index in [1.807, 2.05) is 49.4 Å². The van der Waals surface area contributed by atoms with Crippen molar-refractivity contribution in [2.24, 2.45) is 0 Å². The Hall–Kier alpha value is -3.15. The minimum absolute atomic E-state index is 0.295. The number of benzene rings is 2. The maximum Gasteiger partial charge on any atom is 0.279 e. The summed E-state index contributed by atoms with van der Waals surface area (Å²) in [6.07, 6.45) is 0. The summed E-state index contributed by atoms with van der Waals surface area (Å²) in [5, 5.41) is 10.5. The van der Waals surface area contributed by atoms with Crippen molar-refractivity contribution in [1.82, 2.24) is 20.2 Å². The first-order chi connectivity index (χ1) is 10.7. The normalized spacial score (nSPS) is 11.1. The molecule has 1 amide bonds. The second-order valence-corrected chi connectivity index (χ2v) is 5.18. The molecule has 0 spiro atoms. The highest BCUT2D eigenvalue weighted by molar-refractivity contribution is 6.10. The van der Waals surface area contributed by atoms with Crippen LogP contribution in [-0.4, -0.2) is 26.1 Å². The number of H-pyrrole nitrogens is 2. The molecule has 6 heteroatoms. The summed E-state index contributed by atoms with van der Waals surface area (Å²) >= 11 is 0. The maximum absolute atomic E-state index is 12.4. The van der Waals surface area contributed by atoms with Crippen LogP contribution in [0, 0.1) is 6.92 Å². The van der Waals surface area contributed by atoms with Gasteiger partial charge in [0, 0.05) is 5.39 Å². The molecule has 0 unspecified atom stereocenters. The highest BCUT2D eigenvalue weighted by Crippen LogP contribution is 2.19. The van der Waals surface area contributed by atoms with Gasteiger partial charge in [0.05, 0.1) is 16.6 Å². The predicted octanol–water partition coefficient (Wildman–Crippen LogP) is 3.00. The number of nitrogens with one attached hydrogen (secondary N) is 3. The topological polar surface area (TPSA) is 86.5 Å². The van der Waals surface area contributed by atoms with Crippen LogP contribution in [0.5, 0.6) is 0 Å². The third kappa shape index (κ3) is 2.01.